The van der Waals surface area contributed by atoms with Gasteiger partial charge in [0.2, 0.25) is 5.91 Å². The Morgan fingerprint density at radius 2 is 1.44 bits per heavy atom. The Bertz CT molecular complexity index is 936. The van der Waals surface area contributed by atoms with E-state index in [4.69, 9.17) is 20.9 Å². The molecule has 0 radical (unpaired) electrons. The van der Waals surface area contributed by atoms with E-state index in [0.717, 1.165) is 11.1 Å². The molecule has 0 fully saturated rings. The van der Waals surface area contributed by atoms with Crippen molar-refractivity contribution >= 4 is 12.0 Å². The van der Waals surface area contributed by atoms with Gasteiger partial charge in [-0.3, -0.25) is 4.79 Å². The van der Waals surface area contributed by atoms with Crippen LogP contribution in [-0.4, -0.2) is 65.8 Å². The van der Waals surface area contributed by atoms with Crippen molar-refractivity contribution in [1.29, 1.82) is 0 Å². The molecule has 0 spiro atoms. The summed E-state index contributed by atoms with van der Waals surface area (Å²) < 4.78 is 11.2. The molecule has 198 valence electrons. The summed E-state index contributed by atoms with van der Waals surface area (Å²) in [5, 5.41) is 24.2. The van der Waals surface area contributed by atoms with Crippen LogP contribution in [0.15, 0.2) is 60.7 Å². The summed E-state index contributed by atoms with van der Waals surface area (Å²) in [6.07, 6.45) is -4.24. The van der Waals surface area contributed by atoms with E-state index in [9.17, 15) is 19.8 Å². The molecule has 0 aliphatic carbocycles. The van der Waals surface area contributed by atoms with Gasteiger partial charge in [0.05, 0.1) is 18.8 Å². The normalized spacial score (nSPS) is 15.8. The van der Waals surface area contributed by atoms with Crippen LogP contribution in [0.4, 0.5) is 4.79 Å². The molecule has 2 aromatic rings. The standard InChI is InChI=1S/C27H39N3O6/c1-27(2,3)24(32)25(33)30-20(14-18-10-6-4-7-11-18)21(31)17-35-23(16-28)22(36-26(29)34)15-19-12-8-5-9-13-19/h4-13,20-24,31-32H,14-17,28H2,1-3H3,(H2,29,34)(H,30,33). The minimum atomic E-state index is -1.26. The Balaban J connectivity index is 2.14. The van der Waals surface area contributed by atoms with E-state index in [0.29, 0.717) is 12.8 Å². The topological polar surface area (TPSA) is 157 Å². The molecule has 0 saturated heterocycles. The fraction of sp³-hybridized carbons (Fsp3) is 0.481. The number of nitrogens with two attached hydrogens (primary N) is 2. The van der Waals surface area contributed by atoms with E-state index in [-0.39, 0.29) is 13.2 Å². The summed E-state index contributed by atoms with van der Waals surface area (Å²) in [6, 6.07) is 18.0. The monoisotopic (exact) mass is 501 g/mol. The van der Waals surface area contributed by atoms with Gasteiger partial charge < -0.3 is 36.5 Å². The smallest absolute Gasteiger partial charge is 0.404 e. The minimum Gasteiger partial charge on any atom is -0.443 e. The van der Waals surface area contributed by atoms with Crippen molar-refractivity contribution in [3.8, 4) is 0 Å². The summed E-state index contributed by atoms with van der Waals surface area (Å²) >= 11 is 0. The van der Waals surface area contributed by atoms with Crippen molar-refractivity contribution in [3.05, 3.63) is 71.8 Å². The summed E-state index contributed by atoms with van der Waals surface area (Å²) in [5.74, 6) is -0.586. The van der Waals surface area contributed by atoms with E-state index in [1.165, 1.54) is 0 Å². The second-order valence-corrected chi connectivity index (χ2v) is 9.91. The maximum absolute atomic E-state index is 12.7. The second kappa shape index (κ2) is 13.9. The molecule has 0 aliphatic heterocycles. The Labute approximate surface area is 212 Å². The lowest BCUT2D eigenvalue weighted by atomic mass is 9.88. The average molecular weight is 502 g/mol. The molecule has 0 bridgehead atoms. The van der Waals surface area contributed by atoms with Crippen LogP contribution in [0.5, 0.6) is 0 Å². The molecule has 7 N–H and O–H groups in total. The molecule has 0 heterocycles. The van der Waals surface area contributed by atoms with Gasteiger partial charge in [-0.25, -0.2) is 4.79 Å². The highest BCUT2D eigenvalue weighted by Gasteiger charge is 2.33. The lowest BCUT2D eigenvalue weighted by Crippen LogP contribution is -2.53. The number of nitrogens with one attached hydrogen (secondary N) is 1. The molecule has 2 aromatic carbocycles. The lowest BCUT2D eigenvalue weighted by Gasteiger charge is -2.31. The second-order valence-electron chi connectivity index (χ2n) is 9.91. The third kappa shape index (κ3) is 9.58. The summed E-state index contributed by atoms with van der Waals surface area (Å²) in [6.45, 7) is 5.07. The van der Waals surface area contributed by atoms with Gasteiger partial charge in [0.15, 0.2) is 0 Å². The number of hydrogen-bond acceptors (Lipinski definition) is 7. The minimum absolute atomic E-state index is 0.00987. The first-order valence-electron chi connectivity index (χ1n) is 12.0. The van der Waals surface area contributed by atoms with Gasteiger partial charge in [-0.05, 0) is 23.0 Å². The molecular weight excluding hydrogens is 462 g/mol. The highest BCUT2D eigenvalue weighted by atomic mass is 16.6. The predicted molar refractivity (Wildman–Crippen MR) is 137 cm³/mol. The van der Waals surface area contributed by atoms with E-state index in [1.54, 1.807) is 20.8 Å². The molecule has 5 atom stereocenters. The summed E-state index contributed by atoms with van der Waals surface area (Å²) in [4.78, 5) is 24.2. The number of aliphatic hydroxyl groups excluding tert-OH is 2. The number of carbonyl (C=O) groups is 2. The highest BCUT2D eigenvalue weighted by molar-refractivity contribution is 5.81. The number of hydrogen-bond donors (Lipinski definition) is 5. The molecule has 5 unspecified atom stereocenters. The third-order valence-electron chi connectivity index (χ3n) is 5.83. The number of aliphatic hydroxyl groups is 2. The van der Waals surface area contributed by atoms with Gasteiger partial charge in [0, 0.05) is 13.0 Å². The fourth-order valence-electron chi connectivity index (χ4n) is 3.72. The first-order chi connectivity index (χ1) is 17.0. The number of rotatable bonds is 13. The van der Waals surface area contributed by atoms with Crippen LogP contribution in [0.1, 0.15) is 31.9 Å². The van der Waals surface area contributed by atoms with Gasteiger partial charge in [0.25, 0.3) is 0 Å². The zero-order valence-corrected chi connectivity index (χ0v) is 21.2. The predicted octanol–water partition coefficient (Wildman–Crippen LogP) is 1.53. The average Bonchev–Trinajstić information content (AvgIpc) is 2.83. The molecule has 0 aliphatic rings. The fourth-order valence-corrected chi connectivity index (χ4v) is 3.72. The molecule has 2 rings (SSSR count). The summed E-state index contributed by atoms with van der Waals surface area (Å²) in [5.41, 5.74) is 12.3. The van der Waals surface area contributed by atoms with Crippen molar-refractivity contribution in [2.75, 3.05) is 13.2 Å². The Kier molecular flexibility index (Phi) is 11.3. The molecule has 36 heavy (non-hydrogen) atoms. The largest absolute Gasteiger partial charge is 0.443 e. The molecular formula is C27H39N3O6. The van der Waals surface area contributed by atoms with Crippen molar-refractivity contribution in [3.63, 3.8) is 0 Å². The first kappa shape index (κ1) is 29.3. The van der Waals surface area contributed by atoms with Gasteiger partial charge in [0.1, 0.15) is 18.3 Å². The zero-order valence-electron chi connectivity index (χ0n) is 21.2. The van der Waals surface area contributed by atoms with Gasteiger partial charge in [-0.1, -0.05) is 81.4 Å². The van der Waals surface area contributed by atoms with Crippen molar-refractivity contribution in [2.24, 2.45) is 16.9 Å². The van der Waals surface area contributed by atoms with Crippen LogP contribution < -0.4 is 16.8 Å². The van der Waals surface area contributed by atoms with Gasteiger partial charge in [-0.15, -0.1) is 0 Å². The molecule has 0 saturated carbocycles. The lowest BCUT2D eigenvalue weighted by molar-refractivity contribution is -0.137. The number of benzene rings is 2. The van der Waals surface area contributed by atoms with Crippen LogP contribution >= 0.6 is 0 Å². The molecule has 2 amide bonds. The number of carbonyl (C=O) groups excluding carboxylic acids is 2. The Morgan fingerprint density at radius 1 is 0.917 bits per heavy atom. The molecule has 0 aromatic heterocycles. The van der Waals surface area contributed by atoms with E-state index < -0.39 is 47.9 Å². The Hall–Kier alpha value is -2.98. The van der Waals surface area contributed by atoms with E-state index in [2.05, 4.69) is 5.32 Å². The zero-order chi connectivity index (χ0) is 26.7. The maximum atomic E-state index is 12.7. The van der Waals surface area contributed by atoms with E-state index >= 15 is 0 Å². The number of ether oxygens (including phenoxy) is 2. The van der Waals surface area contributed by atoms with Crippen LogP contribution in [0, 0.1) is 5.41 Å². The van der Waals surface area contributed by atoms with Crippen LogP contribution in [0.2, 0.25) is 0 Å². The summed E-state index contributed by atoms with van der Waals surface area (Å²) in [7, 11) is 0. The van der Waals surface area contributed by atoms with Crippen molar-refractivity contribution < 1.29 is 29.3 Å². The van der Waals surface area contributed by atoms with Gasteiger partial charge >= 0.3 is 6.09 Å². The first-order valence-corrected chi connectivity index (χ1v) is 12.0. The number of amides is 2. The Morgan fingerprint density at radius 3 is 1.92 bits per heavy atom. The van der Waals surface area contributed by atoms with Crippen LogP contribution in [0.25, 0.3) is 0 Å². The quantitative estimate of drug-likeness (QED) is 0.278. The highest BCUT2D eigenvalue weighted by Crippen LogP contribution is 2.20. The van der Waals surface area contributed by atoms with Crippen LogP contribution in [0.3, 0.4) is 0 Å². The van der Waals surface area contributed by atoms with Crippen molar-refractivity contribution in [2.45, 2.75) is 64.1 Å². The SMILES string of the molecule is CC(C)(C)C(O)C(=O)NC(Cc1ccccc1)C(O)COC(CN)C(Cc1ccccc1)OC(N)=O. The maximum Gasteiger partial charge on any atom is 0.404 e. The van der Waals surface area contributed by atoms with Gasteiger partial charge in [-0.2, -0.15) is 0 Å². The third-order valence-corrected chi connectivity index (χ3v) is 5.83. The molecule has 9 heteroatoms. The number of primary amides is 1. The molecule has 9 nitrogen and oxygen atoms in total. The van der Waals surface area contributed by atoms with E-state index in [1.807, 2.05) is 60.7 Å². The van der Waals surface area contributed by atoms with Crippen LogP contribution in [-0.2, 0) is 27.1 Å². The van der Waals surface area contributed by atoms with Crippen molar-refractivity contribution in [1.82, 2.24) is 5.32 Å².